The van der Waals surface area contributed by atoms with E-state index in [4.69, 9.17) is 4.74 Å². The average molecular weight is 346 g/mol. The van der Waals surface area contributed by atoms with Crippen molar-refractivity contribution >= 4 is 11.8 Å². The number of hydrogen-bond acceptors (Lipinski definition) is 4. The third kappa shape index (κ3) is 2.54. The van der Waals surface area contributed by atoms with Gasteiger partial charge in [0, 0.05) is 32.7 Å². The molecule has 2 aliphatic rings. The van der Waals surface area contributed by atoms with Crippen molar-refractivity contribution < 1.29 is 27.5 Å². The van der Waals surface area contributed by atoms with Gasteiger partial charge in [-0.25, -0.2) is 0 Å². The molecule has 2 fully saturated rings. The Kier molecular flexibility index (Phi) is 4.02. The summed E-state index contributed by atoms with van der Waals surface area (Å²) in [6, 6.07) is 0. The highest BCUT2D eigenvalue weighted by Crippen LogP contribution is 2.43. The molecular formula is C14H17F3N4O3. The summed E-state index contributed by atoms with van der Waals surface area (Å²) in [6.07, 6.45) is -3.66. The first kappa shape index (κ1) is 16.7. The zero-order chi connectivity index (χ0) is 17.5. The number of amides is 2. The first-order valence-electron chi connectivity index (χ1n) is 7.49. The molecule has 0 aliphatic carbocycles. The lowest BCUT2D eigenvalue weighted by atomic mass is 9.73. The molecular weight excluding hydrogens is 329 g/mol. The normalized spacial score (nSPS) is 27.0. The van der Waals surface area contributed by atoms with Gasteiger partial charge in [0.25, 0.3) is 5.91 Å². The molecule has 2 atom stereocenters. The number of ether oxygens (including phenoxy) is 1. The average Bonchev–Trinajstić information content (AvgIpc) is 3.17. The van der Waals surface area contributed by atoms with Crippen molar-refractivity contribution in [2.75, 3.05) is 33.4 Å². The Balaban J connectivity index is 1.88. The third-order valence-corrected chi connectivity index (χ3v) is 4.83. The predicted molar refractivity (Wildman–Crippen MR) is 74.9 cm³/mol. The third-order valence-electron chi connectivity index (χ3n) is 4.83. The van der Waals surface area contributed by atoms with Crippen LogP contribution in [0.3, 0.4) is 0 Å². The minimum Gasteiger partial charge on any atom is -0.381 e. The number of halogens is 3. The van der Waals surface area contributed by atoms with Gasteiger partial charge in [-0.15, -0.1) is 0 Å². The van der Waals surface area contributed by atoms with Crippen molar-refractivity contribution in [3.63, 3.8) is 0 Å². The topological polar surface area (TPSA) is 87.3 Å². The Bertz CT molecular complexity index is 660. The summed E-state index contributed by atoms with van der Waals surface area (Å²) in [5.74, 6) is -1.27. The van der Waals surface area contributed by atoms with Gasteiger partial charge in [-0.1, -0.05) is 0 Å². The molecule has 2 aliphatic heterocycles. The zero-order valence-electron chi connectivity index (χ0n) is 12.9. The van der Waals surface area contributed by atoms with Crippen LogP contribution < -0.4 is 5.32 Å². The molecule has 1 aromatic heterocycles. The highest BCUT2D eigenvalue weighted by molar-refractivity contribution is 5.95. The predicted octanol–water partition coefficient (Wildman–Crippen LogP) is 0.653. The molecule has 3 rings (SSSR count). The van der Waals surface area contributed by atoms with Crippen LogP contribution in [0.25, 0.3) is 0 Å². The molecule has 0 saturated carbocycles. The fraction of sp³-hybridized carbons (Fsp3) is 0.643. The number of hydrogen-bond donors (Lipinski definition) is 2. The second-order valence-electron chi connectivity index (χ2n) is 6.10. The van der Waals surface area contributed by atoms with E-state index >= 15 is 0 Å². The second-order valence-corrected chi connectivity index (χ2v) is 6.10. The van der Waals surface area contributed by atoms with Crippen LogP contribution in [-0.4, -0.2) is 60.3 Å². The van der Waals surface area contributed by atoms with Crippen LogP contribution in [0.5, 0.6) is 0 Å². The Hall–Kier alpha value is -2.10. The van der Waals surface area contributed by atoms with E-state index in [1.54, 1.807) is 0 Å². The van der Waals surface area contributed by atoms with Gasteiger partial charge in [-0.3, -0.25) is 14.7 Å². The molecule has 0 aromatic carbocycles. The molecule has 2 amide bonds. The maximum absolute atomic E-state index is 13.0. The fourth-order valence-corrected chi connectivity index (χ4v) is 3.55. The lowest BCUT2D eigenvalue weighted by molar-refractivity contribution is -0.139. The van der Waals surface area contributed by atoms with Crippen LogP contribution >= 0.6 is 0 Å². The summed E-state index contributed by atoms with van der Waals surface area (Å²) < 4.78 is 44.3. The molecule has 0 spiro atoms. The fourth-order valence-electron chi connectivity index (χ4n) is 3.55. The SMILES string of the molecule is CNC(=O)[C@]12CCOC[C@H]1CN(C(=O)c1[nH]ncc1C(F)(F)F)C2. The number of fused-ring (bicyclic) bond motifs is 1. The van der Waals surface area contributed by atoms with Gasteiger partial charge in [0.05, 0.1) is 18.2 Å². The quantitative estimate of drug-likeness (QED) is 0.823. The molecule has 0 radical (unpaired) electrons. The van der Waals surface area contributed by atoms with E-state index < -0.39 is 28.8 Å². The van der Waals surface area contributed by atoms with Crippen molar-refractivity contribution in [2.24, 2.45) is 11.3 Å². The van der Waals surface area contributed by atoms with Crippen molar-refractivity contribution in [1.82, 2.24) is 20.4 Å². The van der Waals surface area contributed by atoms with E-state index in [0.29, 0.717) is 25.8 Å². The number of alkyl halides is 3. The number of H-pyrrole nitrogens is 1. The molecule has 24 heavy (non-hydrogen) atoms. The summed E-state index contributed by atoms with van der Waals surface area (Å²) >= 11 is 0. The number of carbonyl (C=O) groups is 2. The van der Waals surface area contributed by atoms with E-state index in [2.05, 4.69) is 15.5 Å². The summed E-state index contributed by atoms with van der Waals surface area (Å²) in [4.78, 5) is 26.2. The molecule has 1 aromatic rings. The van der Waals surface area contributed by atoms with Crippen molar-refractivity contribution in [3.05, 3.63) is 17.5 Å². The first-order valence-corrected chi connectivity index (χ1v) is 7.49. The largest absolute Gasteiger partial charge is 0.420 e. The molecule has 10 heteroatoms. The Morgan fingerprint density at radius 1 is 1.50 bits per heavy atom. The smallest absolute Gasteiger partial charge is 0.381 e. The lowest BCUT2D eigenvalue weighted by Gasteiger charge is -2.36. The molecule has 7 nitrogen and oxygen atoms in total. The highest BCUT2D eigenvalue weighted by atomic mass is 19.4. The number of aromatic nitrogens is 2. The van der Waals surface area contributed by atoms with E-state index in [1.165, 1.54) is 11.9 Å². The van der Waals surface area contributed by atoms with Crippen LogP contribution in [0, 0.1) is 11.3 Å². The number of nitrogens with one attached hydrogen (secondary N) is 2. The molecule has 2 saturated heterocycles. The summed E-state index contributed by atoms with van der Waals surface area (Å²) in [5, 5.41) is 8.07. The lowest BCUT2D eigenvalue weighted by Crippen LogP contribution is -2.49. The van der Waals surface area contributed by atoms with Crippen LogP contribution in [0.15, 0.2) is 6.20 Å². The number of likely N-dealkylation sites (tertiary alicyclic amines) is 1. The van der Waals surface area contributed by atoms with Crippen LogP contribution in [-0.2, 0) is 15.7 Å². The maximum Gasteiger partial charge on any atom is 0.420 e. The first-order chi connectivity index (χ1) is 11.3. The summed E-state index contributed by atoms with van der Waals surface area (Å²) in [5.41, 5.74) is -2.53. The van der Waals surface area contributed by atoms with Crippen LogP contribution in [0.2, 0.25) is 0 Å². The number of carbonyl (C=O) groups excluding carboxylic acids is 2. The number of nitrogens with zero attached hydrogens (tertiary/aromatic N) is 2. The van der Waals surface area contributed by atoms with Crippen molar-refractivity contribution in [2.45, 2.75) is 12.6 Å². The zero-order valence-corrected chi connectivity index (χ0v) is 12.9. The molecule has 0 bridgehead atoms. The molecule has 0 unspecified atom stereocenters. The molecule has 132 valence electrons. The standard InChI is InChI=1S/C14H17F3N4O3/c1-18-12(23)13-2-3-24-6-8(13)5-21(7-13)11(22)10-9(4-19-20-10)14(15,16)17/h4,8H,2-3,5-7H2,1H3,(H,18,23)(H,19,20)/t8-,13+/m1/s1. The Labute approximate surface area is 135 Å². The molecule has 3 heterocycles. The summed E-state index contributed by atoms with van der Waals surface area (Å²) in [6.45, 7) is 0.911. The van der Waals surface area contributed by atoms with Crippen LogP contribution in [0.4, 0.5) is 13.2 Å². The minimum atomic E-state index is -4.67. The van der Waals surface area contributed by atoms with Gasteiger partial charge < -0.3 is 15.0 Å². The van der Waals surface area contributed by atoms with E-state index in [0.717, 1.165) is 0 Å². The van der Waals surface area contributed by atoms with Gasteiger partial charge in [-0.2, -0.15) is 18.3 Å². The second kappa shape index (κ2) is 5.76. The van der Waals surface area contributed by atoms with Gasteiger partial charge in [0.2, 0.25) is 5.91 Å². The monoisotopic (exact) mass is 346 g/mol. The highest BCUT2D eigenvalue weighted by Gasteiger charge is 2.54. The Morgan fingerprint density at radius 2 is 2.25 bits per heavy atom. The van der Waals surface area contributed by atoms with Gasteiger partial charge in [0.15, 0.2) is 0 Å². The summed E-state index contributed by atoms with van der Waals surface area (Å²) in [7, 11) is 1.50. The van der Waals surface area contributed by atoms with E-state index in [-0.39, 0.29) is 24.9 Å². The maximum atomic E-state index is 13.0. The van der Waals surface area contributed by atoms with E-state index in [9.17, 15) is 22.8 Å². The van der Waals surface area contributed by atoms with Crippen molar-refractivity contribution in [3.8, 4) is 0 Å². The van der Waals surface area contributed by atoms with Gasteiger partial charge in [0.1, 0.15) is 11.3 Å². The van der Waals surface area contributed by atoms with Gasteiger partial charge >= 0.3 is 6.18 Å². The van der Waals surface area contributed by atoms with E-state index in [1.807, 2.05) is 0 Å². The minimum absolute atomic E-state index is 0.0653. The Morgan fingerprint density at radius 3 is 2.92 bits per heavy atom. The van der Waals surface area contributed by atoms with Gasteiger partial charge in [-0.05, 0) is 6.42 Å². The molecule has 2 N–H and O–H groups in total. The van der Waals surface area contributed by atoms with Crippen molar-refractivity contribution in [1.29, 1.82) is 0 Å². The van der Waals surface area contributed by atoms with Crippen LogP contribution in [0.1, 0.15) is 22.5 Å². The number of rotatable bonds is 2. The number of aromatic amines is 1.